The molecule has 0 atom stereocenters. The molecule has 0 spiro atoms. The minimum Gasteiger partial charge on any atom is -0.495 e. The normalized spacial score (nSPS) is 15.7. The lowest BCUT2D eigenvalue weighted by Gasteiger charge is -2.36. The lowest BCUT2D eigenvalue weighted by molar-refractivity contribution is -0.128. The van der Waals surface area contributed by atoms with Crippen LogP contribution in [0.5, 0.6) is 5.75 Å². The van der Waals surface area contributed by atoms with E-state index >= 15 is 0 Å². The van der Waals surface area contributed by atoms with Crippen LogP contribution < -0.4 is 9.64 Å². The topological polar surface area (TPSA) is 32.8 Å². The highest BCUT2D eigenvalue weighted by atomic mass is 79.9. The SMILES string of the molecule is COc1ccccc1N1CCN(C(=O)CBr)CC1. The number of hydrogen-bond donors (Lipinski definition) is 0. The van der Waals surface area contributed by atoms with Gasteiger partial charge in [-0.05, 0) is 12.1 Å². The molecule has 4 nitrogen and oxygen atoms in total. The molecule has 0 bridgehead atoms. The third-order valence-corrected chi connectivity index (χ3v) is 3.65. The third kappa shape index (κ3) is 2.77. The van der Waals surface area contributed by atoms with E-state index in [4.69, 9.17) is 4.74 Å². The van der Waals surface area contributed by atoms with E-state index in [1.807, 2.05) is 23.1 Å². The van der Waals surface area contributed by atoms with Crippen LogP contribution in [0.25, 0.3) is 0 Å². The first-order valence-corrected chi connectivity index (χ1v) is 7.10. The number of rotatable bonds is 3. The molecule has 0 aliphatic carbocycles. The summed E-state index contributed by atoms with van der Waals surface area (Å²) in [5.74, 6) is 1.05. The number of piperazine rings is 1. The van der Waals surface area contributed by atoms with Gasteiger partial charge in [0.2, 0.25) is 5.91 Å². The second-order valence-electron chi connectivity index (χ2n) is 4.17. The highest BCUT2D eigenvalue weighted by molar-refractivity contribution is 9.09. The van der Waals surface area contributed by atoms with E-state index < -0.39 is 0 Å². The van der Waals surface area contributed by atoms with Crippen LogP contribution in [0.1, 0.15) is 0 Å². The number of ether oxygens (including phenoxy) is 1. The average molecular weight is 313 g/mol. The number of benzene rings is 1. The summed E-state index contributed by atoms with van der Waals surface area (Å²) in [7, 11) is 1.68. The molecule has 2 rings (SSSR count). The lowest BCUT2D eigenvalue weighted by atomic mass is 10.2. The molecule has 0 aromatic heterocycles. The number of methoxy groups -OCH3 is 1. The number of hydrogen-bond acceptors (Lipinski definition) is 3. The van der Waals surface area contributed by atoms with Crippen molar-refractivity contribution in [3.05, 3.63) is 24.3 Å². The summed E-state index contributed by atoms with van der Waals surface area (Å²) in [5.41, 5.74) is 1.10. The number of halogens is 1. The van der Waals surface area contributed by atoms with Crippen LogP contribution in [0.15, 0.2) is 24.3 Å². The maximum atomic E-state index is 11.6. The predicted molar refractivity (Wildman–Crippen MR) is 75.6 cm³/mol. The minimum atomic E-state index is 0.162. The first kappa shape index (κ1) is 13.2. The number of anilines is 1. The Hall–Kier alpha value is -1.23. The third-order valence-electron chi connectivity index (χ3n) is 3.17. The maximum Gasteiger partial charge on any atom is 0.233 e. The van der Waals surface area contributed by atoms with Crippen molar-refractivity contribution in [2.24, 2.45) is 0 Å². The Morgan fingerprint density at radius 3 is 2.56 bits per heavy atom. The fraction of sp³-hybridized carbons (Fsp3) is 0.462. The van der Waals surface area contributed by atoms with Crippen molar-refractivity contribution >= 4 is 27.5 Å². The largest absolute Gasteiger partial charge is 0.495 e. The average Bonchev–Trinajstić information content (AvgIpc) is 2.46. The molecule has 1 saturated heterocycles. The zero-order valence-electron chi connectivity index (χ0n) is 10.4. The first-order valence-electron chi connectivity index (χ1n) is 5.98. The van der Waals surface area contributed by atoms with Crippen molar-refractivity contribution in [3.8, 4) is 5.75 Å². The number of nitrogens with zero attached hydrogens (tertiary/aromatic N) is 2. The molecular formula is C13H17BrN2O2. The van der Waals surface area contributed by atoms with Crippen LogP contribution in [0.4, 0.5) is 5.69 Å². The Balaban J connectivity index is 2.03. The summed E-state index contributed by atoms with van der Waals surface area (Å²) in [6.45, 7) is 3.23. The quantitative estimate of drug-likeness (QED) is 0.797. The van der Waals surface area contributed by atoms with Gasteiger partial charge in [0.1, 0.15) is 5.75 Å². The highest BCUT2D eigenvalue weighted by Crippen LogP contribution is 2.28. The van der Waals surface area contributed by atoms with Gasteiger partial charge < -0.3 is 14.5 Å². The second-order valence-corrected chi connectivity index (χ2v) is 4.73. The lowest BCUT2D eigenvalue weighted by Crippen LogP contribution is -2.49. The summed E-state index contributed by atoms with van der Waals surface area (Å²) >= 11 is 3.21. The molecule has 18 heavy (non-hydrogen) atoms. The van der Waals surface area contributed by atoms with Gasteiger partial charge in [-0.1, -0.05) is 28.1 Å². The number of alkyl halides is 1. The monoisotopic (exact) mass is 312 g/mol. The Labute approximate surface area is 116 Å². The highest BCUT2D eigenvalue weighted by Gasteiger charge is 2.21. The number of carbonyl (C=O) groups is 1. The predicted octanol–water partition coefficient (Wildman–Crippen LogP) is 1.74. The Bertz CT molecular complexity index is 417. The van der Waals surface area contributed by atoms with Crippen molar-refractivity contribution in [1.29, 1.82) is 0 Å². The molecular weight excluding hydrogens is 296 g/mol. The summed E-state index contributed by atoms with van der Waals surface area (Å²) in [6, 6.07) is 7.99. The standard InChI is InChI=1S/C13H17BrN2O2/c1-18-12-5-3-2-4-11(12)15-6-8-16(9-7-15)13(17)10-14/h2-5H,6-10H2,1H3. The number of para-hydroxylation sites is 2. The Morgan fingerprint density at radius 2 is 1.94 bits per heavy atom. The molecule has 1 amide bonds. The fourth-order valence-electron chi connectivity index (χ4n) is 2.17. The second kappa shape index (κ2) is 6.09. The molecule has 1 heterocycles. The molecule has 0 unspecified atom stereocenters. The van der Waals surface area contributed by atoms with Gasteiger partial charge >= 0.3 is 0 Å². The van der Waals surface area contributed by atoms with Gasteiger partial charge in [0.25, 0.3) is 0 Å². The molecule has 1 fully saturated rings. The van der Waals surface area contributed by atoms with E-state index in [2.05, 4.69) is 26.9 Å². The van der Waals surface area contributed by atoms with Crippen molar-refractivity contribution in [2.45, 2.75) is 0 Å². The molecule has 5 heteroatoms. The van der Waals surface area contributed by atoms with E-state index in [9.17, 15) is 4.79 Å². The van der Waals surface area contributed by atoms with Gasteiger partial charge in [0, 0.05) is 26.2 Å². The van der Waals surface area contributed by atoms with Crippen LogP contribution in [0.3, 0.4) is 0 Å². The molecule has 1 aliphatic heterocycles. The van der Waals surface area contributed by atoms with Gasteiger partial charge in [-0.25, -0.2) is 0 Å². The van der Waals surface area contributed by atoms with E-state index in [1.165, 1.54) is 0 Å². The van der Waals surface area contributed by atoms with Gasteiger partial charge in [-0.3, -0.25) is 4.79 Å². The zero-order chi connectivity index (χ0) is 13.0. The molecule has 0 saturated carbocycles. The van der Waals surface area contributed by atoms with Crippen molar-refractivity contribution in [2.75, 3.05) is 43.5 Å². The van der Waals surface area contributed by atoms with Crippen molar-refractivity contribution < 1.29 is 9.53 Å². The van der Waals surface area contributed by atoms with E-state index in [1.54, 1.807) is 7.11 Å². The van der Waals surface area contributed by atoms with Crippen molar-refractivity contribution in [1.82, 2.24) is 4.90 Å². The van der Waals surface area contributed by atoms with E-state index in [-0.39, 0.29) is 5.91 Å². The van der Waals surface area contributed by atoms with Gasteiger partial charge in [-0.2, -0.15) is 0 Å². The smallest absolute Gasteiger partial charge is 0.233 e. The molecule has 1 aromatic rings. The van der Waals surface area contributed by atoms with Crippen molar-refractivity contribution in [3.63, 3.8) is 0 Å². The molecule has 0 radical (unpaired) electrons. The summed E-state index contributed by atoms with van der Waals surface area (Å²) < 4.78 is 5.36. The molecule has 1 aromatic carbocycles. The zero-order valence-corrected chi connectivity index (χ0v) is 12.0. The number of carbonyl (C=O) groups excluding carboxylic acids is 1. The van der Waals surface area contributed by atoms with E-state index in [0.717, 1.165) is 37.6 Å². The Kier molecular flexibility index (Phi) is 4.47. The van der Waals surface area contributed by atoms with Crippen LogP contribution in [0, 0.1) is 0 Å². The molecule has 98 valence electrons. The summed E-state index contributed by atoms with van der Waals surface area (Å²) in [5, 5.41) is 0.404. The van der Waals surface area contributed by atoms with E-state index in [0.29, 0.717) is 5.33 Å². The van der Waals surface area contributed by atoms with Gasteiger partial charge in [-0.15, -0.1) is 0 Å². The Morgan fingerprint density at radius 1 is 1.28 bits per heavy atom. The summed E-state index contributed by atoms with van der Waals surface area (Å²) in [6.07, 6.45) is 0. The van der Waals surface area contributed by atoms with Crippen LogP contribution in [-0.4, -0.2) is 49.4 Å². The van der Waals surface area contributed by atoms with Gasteiger partial charge in [0.15, 0.2) is 0 Å². The summed E-state index contributed by atoms with van der Waals surface area (Å²) in [4.78, 5) is 15.7. The molecule has 0 N–H and O–H groups in total. The molecule has 1 aliphatic rings. The minimum absolute atomic E-state index is 0.162. The number of amides is 1. The maximum absolute atomic E-state index is 11.6. The first-order chi connectivity index (χ1) is 8.76. The fourth-order valence-corrected chi connectivity index (χ4v) is 2.53. The van der Waals surface area contributed by atoms with Crippen LogP contribution in [-0.2, 0) is 4.79 Å². The van der Waals surface area contributed by atoms with Crippen LogP contribution in [0.2, 0.25) is 0 Å². The van der Waals surface area contributed by atoms with Gasteiger partial charge in [0.05, 0.1) is 18.1 Å². The van der Waals surface area contributed by atoms with Crippen LogP contribution >= 0.6 is 15.9 Å².